The second-order valence-corrected chi connectivity index (χ2v) is 10.9. The molecule has 2 heterocycles. The summed E-state index contributed by atoms with van der Waals surface area (Å²) in [5, 5.41) is 2.09. The van der Waals surface area contributed by atoms with Crippen LogP contribution in [-0.2, 0) is 0 Å². The first-order valence-electron chi connectivity index (χ1n) is 15.2. The van der Waals surface area contributed by atoms with Crippen LogP contribution >= 0.6 is 0 Å². The third-order valence-electron chi connectivity index (χ3n) is 7.96. The highest BCUT2D eigenvalue weighted by atomic mass is 15.0. The number of fused-ring (bicyclic) bond motifs is 1. The Morgan fingerprint density at radius 2 is 0.739 bits per heavy atom. The number of benzene rings is 6. The molecule has 0 aliphatic rings. The predicted octanol–water partition coefficient (Wildman–Crippen LogP) is 9.82. The van der Waals surface area contributed by atoms with Gasteiger partial charge in [0.1, 0.15) is 0 Å². The van der Waals surface area contributed by atoms with E-state index < -0.39 is 0 Å². The van der Waals surface area contributed by atoms with Crippen LogP contribution in [0.25, 0.3) is 78.8 Å². The van der Waals surface area contributed by atoms with Gasteiger partial charge >= 0.3 is 0 Å². The lowest BCUT2D eigenvalue weighted by Gasteiger charge is -2.15. The molecule has 46 heavy (non-hydrogen) atoms. The number of hydrogen-bond acceptors (Lipinski definition) is 5. The molecule has 0 saturated heterocycles. The minimum absolute atomic E-state index is 0.564. The Morgan fingerprint density at radius 1 is 0.304 bits per heavy atom. The van der Waals surface area contributed by atoms with E-state index in [1.54, 1.807) is 0 Å². The molecule has 5 heteroatoms. The average Bonchev–Trinajstić information content (AvgIpc) is 3.15. The van der Waals surface area contributed by atoms with Crippen molar-refractivity contribution in [2.75, 3.05) is 0 Å². The van der Waals surface area contributed by atoms with Gasteiger partial charge in [-0.05, 0) is 22.9 Å². The van der Waals surface area contributed by atoms with Gasteiger partial charge < -0.3 is 0 Å². The normalized spacial score (nSPS) is 11.0. The zero-order chi connectivity index (χ0) is 30.7. The highest BCUT2D eigenvalue weighted by molar-refractivity contribution is 6.02. The van der Waals surface area contributed by atoms with Crippen molar-refractivity contribution in [3.8, 4) is 68.1 Å². The molecule has 0 radical (unpaired) electrons. The van der Waals surface area contributed by atoms with Crippen molar-refractivity contribution in [2.45, 2.75) is 0 Å². The Morgan fingerprint density at radius 3 is 1.26 bits per heavy atom. The summed E-state index contributed by atoms with van der Waals surface area (Å²) in [6.45, 7) is 0. The van der Waals surface area contributed by atoms with Crippen molar-refractivity contribution in [1.29, 1.82) is 0 Å². The van der Waals surface area contributed by atoms with E-state index in [9.17, 15) is 0 Å². The molecule has 0 amide bonds. The summed E-state index contributed by atoms with van der Waals surface area (Å²) in [5.41, 5.74) is 7.25. The highest BCUT2D eigenvalue weighted by Gasteiger charge is 2.21. The maximum Gasteiger partial charge on any atom is 0.165 e. The maximum atomic E-state index is 5.17. The van der Waals surface area contributed by atoms with Gasteiger partial charge in [0.05, 0.1) is 11.4 Å². The molecule has 8 aromatic rings. The molecule has 0 atom stereocenters. The molecule has 6 aromatic carbocycles. The van der Waals surface area contributed by atoms with Crippen LogP contribution in [0, 0.1) is 0 Å². The lowest BCUT2D eigenvalue weighted by Crippen LogP contribution is -2.03. The average molecular weight is 590 g/mol. The number of nitrogens with zero attached hydrogens (tertiary/aromatic N) is 5. The summed E-state index contributed by atoms with van der Waals surface area (Å²) in [4.78, 5) is 25.5. The molecule has 0 aliphatic heterocycles. The van der Waals surface area contributed by atoms with Gasteiger partial charge in [-0.1, -0.05) is 152 Å². The van der Waals surface area contributed by atoms with Crippen molar-refractivity contribution in [3.05, 3.63) is 164 Å². The summed E-state index contributed by atoms with van der Waals surface area (Å²) in [7, 11) is 0. The van der Waals surface area contributed by atoms with E-state index in [1.165, 1.54) is 0 Å². The molecular formula is C41H27N5. The van der Waals surface area contributed by atoms with Crippen LogP contribution in [0.1, 0.15) is 0 Å². The first-order chi connectivity index (χ1) is 22.8. The molecule has 2 aromatic heterocycles. The molecule has 0 aliphatic carbocycles. The second kappa shape index (κ2) is 12.0. The number of rotatable bonds is 6. The smallest absolute Gasteiger partial charge is 0.165 e. The Hall–Kier alpha value is -6.33. The lowest BCUT2D eigenvalue weighted by molar-refractivity contribution is 1.07. The second-order valence-electron chi connectivity index (χ2n) is 10.9. The van der Waals surface area contributed by atoms with Gasteiger partial charge in [-0.25, -0.2) is 24.9 Å². The molecule has 0 bridgehead atoms. The van der Waals surface area contributed by atoms with Crippen molar-refractivity contribution in [3.63, 3.8) is 0 Å². The van der Waals surface area contributed by atoms with Gasteiger partial charge in [0.15, 0.2) is 23.3 Å². The summed E-state index contributed by atoms with van der Waals surface area (Å²) in [6.07, 6.45) is 0. The van der Waals surface area contributed by atoms with Crippen LogP contribution in [0.15, 0.2) is 164 Å². The quantitative estimate of drug-likeness (QED) is 0.193. The molecule has 0 N–H and O–H groups in total. The van der Waals surface area contributed by atoms with Crippen LogP contribution in [0.3, 0.4) is 0 Å². The van der Waals surface area contributed by atoms with Crippen molar-refractivity contribution in [1.82, 2.24) is 24.9 Å². The largest absolute Gasteiger partial charge is 0.228 e. The van der Waals surface area contributed by atoms with E-state index in [-0.39, 0.29) is 0 Å². The molecule has 8 rings (SSSR count). The third-order valence-corrected chi connectivity index (χ3v) is 7.96. The summed E-state index contributed by atoms with van der Waals surface area (Å²) in [5.74, 6) is 2.37. The topological polar surface area (TPSA) is 64.5 Å². The minimum atomic E-state index is 0.564. The van der Waals surface area contributed by atoms with E-state index in [2.05, 4.69) is 54.6 Å². The SMILES string of the molecule is c1ccc(-c2cc(-c3ccccc3)nc(-c3ccc4ccccc4c3-c3nc(-c4ccccc4)nc(-c4ccccc4)n3)n2)cc1. The Bertz CT molecular complexity index is 2170. The Kier molecular flexibility index (Phi) is 7.09. The van der Waals surface area contributed by atoms with Gasteiger partial charge in [-0.15, -0.1) is 0 Å². The Balaban J connectivity index is 1.43. The van der Waals surface area contributed by atoms with E-state index in [0.717, 1.165) is 55.5 Å². The Labute approximate surface area is 267 Å². The monoisotopic (exact) mass is 589 g/mol. The van der Waals surface area contributed by atoms with E-state index >= 15 is 0 Å². The van der Waals surface area contributed by atoms with Crippen LogP contribution in [0.4, 0.5) is 0 Å². The lowest BCUT2D eigenvalue weighted by atomic mass is 9.97. The molecular weight excluding hydrogens is 562 g/mol. The van der Waals surface area contributed by atoms with Crippen molar-refractivity contribution in [2.24, 2.45) is 0 Å². The van der Waals surface area contributed by atoms with Gasteiger partial charge in [0.25, 0.3) is 0 Å². The van der Waals surface area contributed by atoms with Crippen LogP contribution in [0.2, 0.25) is 0 Å². The maximum absolute atomic E-state index is 5.17. The zero-order valence-electron chi connectivity index (χ0n) is 24.8. The molecule has 216 valence electrons. The number of aromatic nitrogens is 5. The van der Waals surface area contributed by atoms with E-state index in [0.29, 0.717) is 23.3 Å². The zero-order valence-corrected chi connectivity index (χ0v) is 24.8. The molecule has 0 spiro atoms. The van der Waals surface area contributed by atoms with Crippen LogP contribution in [-0.4, -0.2) is 24.9 Å². The fourth-order valence-corrected chi connectivity index (χ4v) is 5.70. The first kappa shape index (κ1) is 27.2. The van der Waals surface area contributed by atoms with Crippen molar-refractivity contribution < 1.29 is 0 Å². The van der Waals surface area contributed by atoms with Crippen molar-refractivity contribution >= 4 is 10.8 Å². The predicted molar refractivity (Wildman–Crippen MR) is 186 cm³/mol. The highest BCUT2D eigenvalue weighted by Crippen LogP contribution is 2.38. The molecule has 0 unspecified atom stereocenters. The standard InChI is InChI=1S/C41H27N5/c1-5-16-29(17-6-1)35-27-36(30-18-7-2-8-19-30)43-40(42-35)34-26-25-28-15-13-14-24-33(28)37(34)41-45-38(31-20-9-3-10-21-31)44-39(46-41)32-22-11-4-12-23-32/h1-27H. The van der Waals surface area contributed by atoms with Crippen LogP contribution < -0.4 is 0 Å². The fraction of sp³-hybridized carbons (Fsp3) is 0. The summed E-state index contributed by atoms with van der Waals surface area (Å²) < 4.78 is 0. The first-order valence-corrected chi connectivity index (χ1v) is 15.2. The molecule has 0 saturated carbocycles. The van der Waals surface area contributed by atoms with Gasteiger partial charge in [-0.2, -0.15) is 0 Å². The molecule has 5 nitrogen and oxygen atoms in total. The van der Waals surface area contributed by atoms with Crippen LogP contribution in [0.5, 0.6) is 0 Å². The fourth-order valence-electron chi connectivity index (χ4n) is 5.70. The summed E-state index contributed by atoms with van der Waals surface area (Å²) >= 11 is 0. The van der Waals surface area contributed by atoms with Gasteiger partial charge in [-0.3, -0.25) is 0 Å². The van der Waals surface area contributed by atoms with Gasteiger partial charge in [0.2, 0.25) is 0 Å². The summed E-state index contributed by atoms with van der Waals surface area (Å²) in [6, 6.07) is 55.1. The molecule has 0 fully saturated rings. The third kappa shape index (κ3) is 5.31. The van der Waals surface area contributed by atoms with Gasteiger partial charge in [0, 0.05) is 33.4 Å². The van der Waals surface area contributed by atoms with E-state index in [1.807, 2.05) is 109 Å². The van der Waals surface area contributed by atoms with E-state index in [4.69, 9.17) is 24.9 Å². The number of hydrogen-bond donors (Lipinski definition) is 0. The minimum Gasteiger partial charge on any atom is -0.228 e.